The molecule has 2 amide bonds. The Morgan fingerprint density at radius 2 is 1.61 bits per heavy atom. The lowest BCUT2D eigenvalue weighted by Crippen LogP contribution is -2.31. The summed E-state index contributed by atoms with van der Waals surface area (Å²) in [6.45, 7) is 3.71. The van der Waals surface area contributed by atoms with E-state index in [-0.39, 0.29) is 18.4 Å². The number of amides is 2. The second kappa shape index (κ2) is 9.60. The molecule has 0 aliphatic carbocycles. The predicted molar refractivity (Wildman–Crippen MR) is 114 cm³/mol. The molecule has 148 valence electrons. The van der Waals surface area contributed by atoms with E-state index >= 15 is 0 Å². The summed E-state index contributed by atoms with van der Waals surface area (Å²) < 4.78 is 0. The van der Waals surface area contributed by atoms with Gasteiger partial charge in [0.1, 0.15) is 0 Å². The van der Waals surface area contributed by atoms with Crippen LogP contribution in [-0.2, 0) is 4.79 Å². The fourth-order valence-electron chi connectivity index (χ4n) is 3.24. The standard InChI is InChI=1S/C22H26ClN3O2/c1-16-6-9-19(14-20(16)23)24-15-21(27)25-18-10-7-17(8-11-18)22(28)26-12-4-2-3-5-13-26/h6-11,14,24H,2-5,12-13,15H2,1H3,(H,25,27). The smallest absolute Gasteiger partial charge is 0.253 e. The number of nitrogens with one attached hydrogen (secondary N) is 2. The van der Waals surface area contributed by atoms with Gasteiger partial charge in [-0.05, 0) is 61.7 Å². The Balaban J connectivity index is 1.52. The summed E-state index contributed by atoms with van der Waals surface area (Å²) in [4.78, 5) is 26.7. The van der Waals surface area contributed by atoms with Crippen LogP contribution in [0.5, 0.6) is 0 Å². The monoisotopic (exact) mass is 399 g/mol. The van der Waals surface area contributed by atoms with Gasteiger partial charge >= 0.3 is 0 Å². The Kier molecular flexibility index (Phi) is 6.93. The molecule has 6 heteroatoms. The molecule has 0 saturated carbocycles. The van der Waals surface area contributed by atoms with Gasteiger partial charge in [-0.1, -0.05) is 30.5 Å². The first-order chi connectivity index (χ1) is 13.5. The molecule has 1 aliphatic heterocycles. The number of likely N-dealkylation sites (tertiary alicyclic amines) is 1. The van der Waals surface area contributed by atoms with Gasteiger partial charge < -0.3 is 15.5 Å². The Labute approximate surface area is 171 Å². The van der Waals surface area contributed by atoms with Crippen molar-refractivity contribution in [1.82, 2.24) is 4.90 Å². The minimum Gasteiger partial charge on any atom is -0.376 e. The van der Waals surface area contributed by atoms with Crippen LogP contribution < -0.4 is 10.6 Å². The number of rotatable bonds is 5. The van der Waals surface area contributed by atoms with Crippen molar-refractivity contribution < 1.29 is 9.59 Å². The molecular weight excluding hydrogens is 374 g/mol. The lowest BCUT2D eigenvalue weighted by molar-refractivity contribution is -0.114. The lowest BCUT2D eigenvalue weighted by Gasteiger charge is -2.20. The summed E-state index contributed by atoms with van der Waals surface area (Å²) in [6, 6.07) is 12.7. The lowest BCUT2D eigenvalue weighted by atomic mass is 10.1. The minimum absolute atomic E-state index is 0.0673. The average molecular weight is 400 g/mol. The van der Waals surface area contributed by atoms with Crippen LogP contribution in [0.25, 0.3) is 0 Å². The summed E-state index contributed by atoms with van der Waals surface area (Å²) in [7, 11) is 0. The molecule has 0 radical (unpaired) electrons. The Morgan fingerprint density at radius 3 is 2.25 bits per heavy atom. The fourth-order valence-corrected chi connectivity index (χ4v) is 3.42. The van der Waals surface area contributed by atoms with Gasteiger partial charge in [0.05, 0.1) is 6.54 Å². The number of nitrogens with zero attached hydrogens (tertiary/aromatic N) is 1. The van der Waals surface area contributed by atoms with Gasteiger partial charge in [-0.25, -0.2) is 0 Å². The van der Waals surface area contributed by atoms with E-state index in [1.807, 2.05) is 24.0 Å². The SMILES string of the molecule is Cc1ccc(NCC(=O)Nc2ccc(C(=O)N3CCCCCC3)cc2)cc1Cl. The highest BCUT2D eigenvalue weighted by atomic mass is 35.5. The van der Waals surface area contributed by atoms with Crippen molar-refractivity contribution >= 4 is 34.8 Å². The second-order valence-corrected chi connectivity index (χ2v) is 7.56. The van der Waals surface area contributed by atoms with E-state index in [2.05, 4.69) is 10.6 Å². The average Bonchev–Trinajstić information content (AvgIpc) is 2.98. The maximum absolute atomic E-state index is 12.6. The van der Waals surface area contributed by atoms with Crippen LogP contribution in [0.15, 0.2) is 42.5 Å². The predicted octanol–water partition coefficient (Wildman–Crippen LogP) is 4.72. The molecule has 0 atom stereocenters. The van der Waals surface area contributed by atoms with E-state index in [0.717, 1.165) is 37.2 Å². The Bertz CT molecular complexity index is 828. The van der Waals surface area contributed by atoms with Gasteiger partial charge in [-0.3, -0.25) is 9.59 Å². The van der Waals surface area contributed by atoms with Crippen molar-refractivity contribution in [2.45, 2.75) is 32.6 Å². The zero-order valence-corrected chi connectivity index (χ0v) is 16.9. The first-order valence-corrected chi connectivity index (χ1v) is 10.1. The van der Waals surface area contributed by atoms with Crippen LogP contribution in [-0.4, -0.2) is 36.3 Å². The number of carbonyl (C=O) groups excluding carboxylic acids is 2. The van der Waals surface area contributed by atoms with Gasteiger partial charge in [0.25, 0.3) is 5.91 Å². The highest BCUT2D eigenvalue weighted by molar-refractivity contribution is 6.31. The van der Waals surface area contributed by atoms with Crippen LogP contribution in [0.1, 0.15) is 41.6 Å². The third kappa shape index (κ3) is 5.49. The van der Waals surface area contributed by atoms with Crippen LogP contribution in [0, 0.1) is 6.92 Å². The molecule has 2 N–H and O–H groups in total. The largest absolute Gasteiger partial charge is 0.376 e. The van der Waals surface area contributed by atoms with Crippen molar-refractivity contribution in [3.8, 4) is 0 Å². The third-order valence-electron chi connectivity index (χ3n) is 4.93. The van der Waals surface area contributed by atoms with Gasteiger partial charge in [0.15, 0.2) is 0 Å². The molecule has 0 bridgehead atoms. The van der Waals surface area contributed by atoms with Crippen LogP contribution in [0.2, 0.25) is 5.02 Å². The highest BCUT2D eigenvalue weighted by Crippen LogP contribution is 2.20. The molecule has 0 unspecified atom stereocenters. The molecule has 1 aliphatic rings. The molecular formula is C22H26ClN3O2. The third-order valence-corrected chi connectivity index (χ3v) is 5.34. The van der Waals surface area contributed by atoms with Crippen molar-refractivity contribution in [3.63, 3.8) is 0 Å². The van der Waals surface area contributed by atoms with Gasteiger partial charge in [-0.15, -0.1) is 0 Å². The maximum atomic E-state index is 12.6. The number of benzene rings is 2. The molecule has 5 nitrogen and oxygen atoms in total. The molecule has 1 saturated heterocycles. The van der Waals surface area contributed by atoms with E-state index in [1.165, 1.54) is 12.8 Å². The fraction of sp³-hybridized carbons (Fsp3) is 0.364. The zero-order valence-electron chi connectivity index (χ0n) is 16.1. The van der Waals surface area contributed by atoms with E-state index in [0.29, 0.717) is 16.3 Å². The van der Waals surface area contributed by atoms with Gasteiger partial charge in [-0.2, -0.15) is 0 Å². The van der Waals surface area contributed by atoms with E-state index in [4.69, 9.17) is 11.6 Å². The normalized spacial score (nSPS) is 14.3. The Hall–Kier alpha value is -2.53. The van der Waals surface area contributed by atoms with E-state index in [9.17, 15) is 9.59 Å². The van der Waals surface area contributed by atoms with Gasteiger partial charge in [0, 0.05) is 35.1 Å². The van der Waals surface area contributed by atoms with Gasteiger partial charge in [0.2, 0.25) is 5.91 Å². The first-order valence-electron chi connectivity index (χ1n) is 9.72. The number of hydrogen-bond acceptors (Lipinski definition) is 3. The van der Waals surface area contributed by atoms with Crippen molar-refractivity contribution in [2.75, 3.05) is 30.3 Å². The van der Waals surface area contributed by atoms with Crippen molar-refractivity contribution in [3.05, 3.63) is 58.6 Å². The Morgan fingerprint density at radius 1 is 0.964 bits per heavy atom. The number of carbonyl (C=O) groups is 2. The second-order valence-electron chi connectivity index (χ2n) is 7.15. The van der Waals surface area contributed by atoms with Crippen LogP contribution >= 0.6 is 11.6 Å². The number of halogens is 1. The number of anilines is 2. The zero-order chi connectivity index (χ0) is 19.9. The van der Waals surface area contributed by atoms with E-state index in [1.54, 1.807) is 30.3 Å². The summed E-state index contributed by atoms with van der Waals surface area (Å²) >= 11 is 6.09. The quantitative estimate of drug-likeness (QED) is 0.765. The minimum atomic E-state index is -0.164. The molecule has 0 spiro atoms. The molecule has 3 rings (SSSR count). The summed E-state index contributed by atoms with van der Waals surface area (Å²) in [5.41, 5.74) is 3.11. The molecule has 1 fully saturated rings. The summed E-state index contributed by atoms with van der Waals surface area (Å²) in [5, 5.41) is 6.55. The van der Waals surface area contributed by atoms with Crippen molar-refractivity contribution in [1.29, 1.82) is 0 Å². The van der Waals surface area contributed by atoms with Crippen molar-refractivity contribution in [2.24, 2.45) is 0 Å². The topological polar surface area (TPSA) is 61.4 Å². The maximum Gasteiger partial charge on any atom is 0.253 e. The molecule has 1 heterocycles. The summed E-state index contributed by atoms with van der Waals surface area (Å²) in [6.07, 6.45) is 4.52. The molecule has 2 aromatic carbocycles. The highest BCUT2D eigenvalue weighted by Gasteiger charge is 2.17. The molecule has 0 aromatic heterocycles. The number of hydrogen-bond donors (Lipinski definition) is 2. The summed E-state index contributed by atoms with van der Waals surface area (Å²) in [5.74, 6) is -0.0963. The van der Waals surface area contributed by atoms with E-state index < -0.39 is 0 Å². The first kappa shape index (κ1) is 20.2. The molecule has 28 heavy (non-hydrogen) atoms. The number of aryl methyl sites for hydroxylation is 1. The van der Waals surface area contributed by atoms with Crippen LogP contribution in [0.3, 0.4) is 0 Å². The molecule has 2 aromatic rings. The van der Waals surface area contributed by atoms with Crippen LogP contribution in [0.4, 0.5) is 11.4 Å².